The van der Waals surface area contributed by atoms with E-state index in [0.29, 0.717) is 24.9 Å². The minimum absolute atomic E-state index is 0.144. The average Bonchev–Trinajstić information content (AvgIpc) is 3.16. The second-order valence-corrected chi connectivity index (χ2v) is 5.03. The highest BCUT2D eigenvalue weighted by Gasteiger charge is 2.48. The van der Waals surface area contributed by atoms with Gasteiger partial charge in [0.05, 0.1) is 5.92 Å². The van der Waals surface area contributed by atoms with E-state index in [9.17, 15) is 9.59 Å². The summed E-state index contributed by atoms with van der Waals surface area (Å²) in [5.74, 6) is -0.0366. The molecule has 1 aliphatic carbocycles. The van der Waals surface area contributed by atoms with Crippen molar-refractivity contribution >= 4 is 12.1 Å². The molecule has 2 rings (SSSR count). The second kappa shape index (κ2) is 5.42. The predicted octanol–water partition coefficient (Wildman–Crippen LogP) is 1.74. The molecule has 100 valence electrons. The lowest BCUT2D eigenvalue weighted by Gasteiger charge is -2.31. The maximum Gasteiger partial charge on any atom is 0.410 e. The van der Waals surface area contributed by atoms with E-state index in [1.807, 2.05) is 0 Å². The van der Waals surface area contributed by atoms with Gasteiger partial charge in [0.1, 0.15) is 6.61 Å². The SMILES string of the molecule is C=CCOC(=O)N1CCC([C@@H]2C[C@H]2C(=O)O)CC1. The molecule has 1 aliphatic heterocycles. The number of hydrogen-bond acceptors (Lipinski definition) is 3. The first kappa shape index (κ1) is 12.9. The Hall–Kier alpha value is -1.52. The average molecular weight is 253 g/mol. The second-order valence-electron chi connectivity index (χ2n) is 5.03. The van der Waals surface area contributed by atoms with Crippen LogP contribution in [0.15, 0.2) is 12.7 Å². The van der Waals surface area contributed by atoms with E-state index in [1.54, 1.807) is 11.0 Å². The van der Waals surface area contributed by atoms with Gasteiger partial charge in [-0.1, -0.05) is 12.7 Å². The number of carboxylic acid groups (broad SMARTS) is 1. The van der Waals surface area contributed by atoms with Gasteiger partial charge in [0.25, 0.3) is 0 Å². The Balaban J connectivity index is 1.73. The van der Waals surface area contributed by atoms with Crippen LogP contribution < -0.4 is 0 Å². The van der Waals surface area contributed by atoms with Crippen molar-refractivity contribution in [3.05, 3.63) is 12.7 Å². The molecular weight excluding hydrogens is 234 g/mol. The van der Waals surface area contributed by atoms with Gasteiger partial charge in [-0.05, 0) is 31.1 Å². The Morgan fingerprint density at radius 3 is 2.56 bits per heavy atom. The molecule has 0 unspecified atom stereocenters. The van der Waals surface area contributed by atoms with Gasteiger partial charge >= 0.3 is 12.1 Å². The summed E-state index contributed by atoms with van der Waals surface area (Å²) in [6.45, 7) is 5.07. The number of piperidine rings is 1. The molecule has 5 heteroatoms. The molecule has 2 aliphatic rings. The molecule has 1 saturated carbocycles. The topological polar surface area (TPSA) is 66.8 Å². The number of amides is 1. The van der Waals surface area contributed by atoms with Gasteiger partial charge in [0, 0.05) is 13.1 Å². The summed E-state index contributed by atoms with van der Waals surface area (Å²) in [6.07, 6.45) is 3.83. The highest BCUT2D eigenvalue weighted by Crippen LogP contribution is 2.47. The van der Waals surface area contributed by atoms with Gasteiger partial charge in [0.15, 0.2) is 0 Å². The van der Waals surface area contributed by atoms with E-state index in [-0.39, 0.29) is 18.6 Å². The number of carboxylic acids is 1. The smallest absolute Gasteiger partial charge is 0.410 e. The summed E-state index contributed by atoms with van der Waals surface area (Å²) in [6, 6.07) is 0. The van der Waals surface area contributed by atoms with Gasteiger partial charge in [-0.3, -0.25) is 4.79 Å². The minimum atomic E-state index is -0.673. The molecule has 0 aromatic rings. The van der Waals surface area contributed by atoms with Crippen molar-refractivity contribution in [1.29, 1.82) is 0 Å². The van der Waals surface area contributed by atoms with Crippen molar-refractivity contribution in [2.75, 3.05) is 19.7 Å². The number of hydrogen-bond donors (Lipinski definition) is 1. The van der Waals surface area contributed by atoms with Gasteiger partial charge < -0.3 is 14.7 Å². The fourth-order valence-corrected chi connectivity index (χ4v) is 2.75. The fourth-order valence-electron chi connectivity index (χ4n) is 2.75. The zero-order chi connectivity index (χ0) is 13.1. The van der Waals surface area contributed by atoms with Crippen LogP contribution in [0.2, 0.25) is 0 Å². The molecule has 18 heavy (non-hydrogen) atoms. The third-order valence-corrected chi connectivity index (χ3v) is 3.88. The summed E-state index contributed by atoms with van der Waals surface area (Å²) in [5, 5.41) is 8.90. The lowest BCUT2D eigenvalue weighted by molar-refractivity contribution is -0.139. The number of rotatable bonds is 4. The van der Waals surface area contributed by atoms with E-state index in [4.69, 9.17) is 9.84 Å². The number of ether oxygens (including phenoxy) is 1. The lowest BCUT2D eigenvalue weighted by atomic mass is 9.91. The van der Waals surface area contributed by atoms with Gasteiger partial charge in [-0.2, -0.15) is 0 Å². The number of carbonyl (C=O) groups excluding carboxylic acids is 1. The Labute approximate surface area is 106 Å². The molecule has 0 radical (unpaired) electrons. The predicted molar refractivity (Wildman–Crippen MR) is 65.1 cm³/mol. The standard InChI is InChI=1S/C13H19NO4/c1-2-7-18-13(17)14-5-3-9(4-6-14)10-8-11(10)12(15)16/h2,9-11H,1,3-8H2,(H,15,16)/t10-,11+/m0/s1. The normalized spacial score (nSPS) is 27.7. The van der Waals surface area contributed by atoms with Crippen molar-refractivity contribution in [1.82, 2.24) is 4.90 Å². The first-order valence-electron chi connectivity index (χ1n) is 6.39. The molecule has 2 fully saturated rings. The van der Waals surface area contributed by atoms with E-state index in [2.05, 4.69) is 6.58 Å². The zero-order valence-corrected chi connectivity index (χ0v) is 10.4. The van der Waals surface area contributed by atoms with Crippen molar-refractivity contribution < 1.29 is 19.4 Å². The summed E-state index contributed by atoms with van der Waals surface area (Å²) in [5.41, 5.74) is 0. The van der Waals surface area contributed by atoms with Gasteiger partial charge in [0.2, 0.25) is 0 Å². The minimum Gasteiger partial charge on any atom is -0.481 e. The molecule has 1 N–H and O–H groups in total. The fraction of sp³-hybridized carbons (Fsp3) is 0.692. The molecule has 0 aromatic heterocycles. The summed E-state index contributed by atoms with van der Waals surface area (Å²) >= 11 is 0. The first-order valence-corrected chi connectivity index (χ1v) is 6.39. The Morgan fingerprint density at radius 1 is 1.39 bits per heavy atom. The molecule has 2 atom stereocenters. The number of carbonyl (C=O) groups is 2. The molecule has 1 amide bonds. The molecule has 0 bridgehead atoms. The van der Waals surface area contributed by atoms with Crippen LogP contribution in [-0.2, 0) is 9.53 Å². The van der Waals surface area contributed by atoms with Gasteiger partial charge in [-0.15, -0.1) is 0 Å². The van der Waals surface area contributed by atoms with Crippen molar-refractivity contribution in [3.63, 3.8) is 0 Å². The lowest BCUT2D eigenvalue weighted by Crippen LogP contribution is -2.39. The molecule has 0 aromatic carbocycles. The number of nitrogens with zero attached hydrogens (tertiary/aromatic N) is 1. The van der Waals surface area contributed by atoms with Crippen LogP contribution in [-0.4, -0.2) is 41.8 Å². The van der Waals surface area contributed by atoms with Crippen LogP contribution in [0.25, 0.3) is 0 Å². The molecule has 5 nitrogen and oxygen atoms in total. The van der Waals surface area contributed by atoms with Crippen LogP contribution in [0.3, 0.4) is 0 Å². The monoisotopic (exact) mass is 253 g/mol. The van der Waals surface area contributed by atoms with Crippen LogP contribution in [0.5, 0.6) is 0 Å². The van der Waals surface area contributed by atoms with E-state index in [1.165, 1.54) is 0 Å². The highest BCUT2D eigenvalue weighted by atomic mass is 16.6. The van der Waals surface area contributed by atoms with Crippen molar-refractivity contribution in [2.45, 2.75) is 19.3 Å². The summed E-state index contributed by atoms with van der Waals surface area (Å²) in [7, 11) is 0. The quantitative estimate of drug-likeness (QED) is 0.775. The van der Waals surface area contributed by atoms with E-state index >= 15 is 0 Å². The molecule has 1 saturated heterocycles. The first-order chi connectivity index (χ1) is 8.63. The summed E-state index contributed by atoms with van der Waals surface area (Å²) in [4.78, 5) is 24.1. The van der Waals surface area contributed by atoms with Crippen LogP contribution in [0, 0.1) is 17.8 Å². The van der Waals surface area contributed by atoms with Crippen LogP contribution >= 0.6 is 0 Å². The third kappa shape index (κ3) is 2.83. The highest BCUT2D eigenvalue weighted by molar-refractivity contribution is 5.73. The Morgan fingerprint density at radius 2 is 2.06 bits per heavy atom. The Kier molecular flexibility index (Phi) is 3.89. The molecule has 0 spiro atoms. The molecule has 1 heterocycles. The third-order valence-electron chi connectivity index (χ3n) is 3.88. The van der Waals surface area contributed by atoms with Crippen molar-refractivity contribution in [2.24, 2.45) is 17.8 Å². The molecular formula is C13H19NO4. The van der Waals surface area contributed by atoms with E-state index < -0.39 is 5.97 Å². The zero-order valence-electron chi connectivity index (χ0n) is 10.4. The van der Waals surface area contributed by atoms with Gasteiger partial charge in [-0.25, -0.2) is 4.79 Å². The number of aliphatic carboxylic acids is 1. The van der Waals surface area contributed by atoms with Crippen LogP contribution in [0.4, 0.5) is 4.79 Å². The number of likely N-dealkylation sites (tertiary alicyclic amines) is 1. The van der Waals surface area contributed by atoms with Crippen molar-refractivity contribution in [3.8, 4) is 0 Å². The van der Waals surface area contributed by atoms with E-state index in [0.717, 1.165) is 19.3 Å². The van der Waals surface area contributed by atoms with Crippen LogP contribution in [0.1, 0.15) is 19.3 Å². The largest absolute Gasteiger partial charge is 0.481 e. The summed E-state index contributed by atoms with van der Waals surface area (Å²) < 4.78 is 4.98. The maximum absolute atomic E-state index is 11.6. The Bertz CT molecular complexity index is 347. The maximum atomic E-state index is 11.6.